The van der Waals surface area contributed by atoms with Crippen molar-refractivity contribution in [3.63, 3.8) is 0 Å². The van der Waals surface area contributed by atoms with E-state index in [1.807, 2.05) is 13.0 Å². The summed E-state index contributed by atoms with van der Waals surface area (Å²) in [5, 5.41) is 0.865. The van der Waals surface area contributed by atoms with Crippen LogP contribution in [0.4, 0.5) is 0 Å². The molecule has 19 heavy (non-hydrogen) atoms. The van der Waals surface area contributed by atoms with Gasteiger partial charge in [-0.25, -0.2) is 4.98 Å². The van der Waals surface area contributed by atoms with Crippen LogP contribution in [0.2, 0.25) is 10.0 Å². The summed E-state index contributed by atoms with van der Waals surface area (Å²) in [5.74, 6) is 0.838. The normalized spacial score (nSPS) is 21.2. The Morgan fingerprint density at radius 3 is 2.74 bits per heavy atom. The van der Waals surface area contributed by atoms with Gasteiger partial charge in [0.2, 0.25) is 0 Å². The second-order valence-corrected chi connectivity index (χ2v) is 6.20. The molecular weight excluding hydrogens is 307 g/mol. The number of imidazole rings is 1. The van der Waals surface area contributed by atoms with Gasteiger partial charge in [-0.1, -0.05) is 23.2 Å². The molecule has 0 N–H and O–H groups in total. The number of hydrogen-bond donors (Lipinski definition) is 0. The van der Waals surface area contributed by atoms with Gasteiger partial charge in [0.15, 0.2) is 0 Å². The maximum absolute atomic E-state index is 6.25. The molecule has 0 amide bonds. The van der Waals surface area contributed by atoms with Gasteiger partial charge in [-0.15, -0.1) is 11.6 Å². The first-order valence-corrected chi connectivity index (χ1v) is 7.36. The van der Waals surface area contributed by atoms with Crippen LogP contribution in [-0.2, 0) is 4.74 Å². The molecule has 1 saturated heterocycles. The molecule has 3 rings (SSSR count). The predicted molar refractivity (Wildman–Crippen MR) is 78.5 cm³/mol. The molecular formula is C13H13Cl3N2O. The van der Waals surface area contributed by atoms with E-state index in [1.165, 1.54) is 0 Å². The van der Waals surface area contributed by atoms with Gasteiger partial charge in [-0.05, 0) is 25.5 Å². The lowest BCUT2D eigenvalue weighted by Gasteiger charge is -2.16. The summed E-state index contributed by atoms with van der Waals surface area (Å²) in [7, 11) is 0. The van der Waals surface area contributed by atoms with Gasteiger partial charge in [0.25, 0.3) is 0 Å². The Balaban J connectivity index is 2.25. The zero-order valence-electron chi connectivity index (χ0n) is 10.4. The highest BCUT2D eigenvalue weighted by atomic mass is 35.5. The van der Waals surface area contributed by atoms with Crippen LogP contribution in [0.5, 0.6) is 0 Å². The lowest BCUT2D eigenvalue weighted by Crippen LogP contribution is -2.12. The van der Waals surface area contributed by atoms with Gasteiger partial charge in [0.1, 0.15) is 5.82 Å². The molecule has 6 heteroatoms. The minimum absolute atomic E-state index is 0.175. The van der Waals surface area contributed by atoms with E-state index < -0.39 is 0 Å². The van der Waals surface area contributed by atoms with Crippen LogP contribution in [0.25, 0.3) is 11.0 Å². The standard InChI is InChI=1S/C13H13Cl3N2O/c1-7(14)13-17-11-4-9(15)10(16)5-12(11)18(13)8-2-3-19-6-8/h4-5,7-8H,2-3,6H2,1H3. The number of rotatable bonds is 2. The molecule has 2 aromatic rings. The molecule has 0 radical (unpaired) electrons. The number of halogens is 3. The molecule has 0 bridgehead atoms. The lowest BCUT2D eigenvalue weighted by atomic mass is 10.2. The summed E-state index contributed by atoms with van der Waals surface area (Å²) in [4.78, 5) is 4.59. The summed E-state index contributed by atoms with van der Waals surface area (Å²) >= 11 is 18.4. The molecule has 0 aliphatic carbocycles. The molecule has 2 heterocycles. The van der Waals surface area contributed by atoms with E-state index in [4.69, 9.17) is 39.5 Å². The first-order valence-electron chi connectivity index (χ1n) is 6.16. The Kier molecular flexibility index (Phi) is 3.65. The van der Waals surface area contributed by atoms with Gasteiger partial charge in [0, 0.05) is 6.61 Å². The smallest absolute Gasteiger partial charge is 0.128 e. The third-order valence-corrected chi connectivity index (χ3v) is 4.30. The van der Waals surface area contributed by atoms with E-state index in [-0.39, 0.29) is 11.4 Å². The maximum atomic E-state index is 6.25. The van der Waals surface area contributed by atoms with Crippen molar-refractivity contribution >= 4 is 45.8 Å². The summed E-state index contributed by atoms with van der Waals surface area (Å²) in [6.45, 7) is 3.36. The molecule has 1 aliphatic rings. The molecule has 1 aliphatic heterocycles. The third kappa shape index (κ3) is 2.33. The van der Waals surface area contributed by atoms with E-state index >= 15 is 0 Å². The van der Waals surface area contributed by atoms with Crippen molar-refractivity contribution in [2.24, 2.45) is 0 Å². The molecule has 1 aromatic carbocycles. The molecule has 1 aromatic heterocycles. The van der Waals surface area contributed by atoms with Gasteiger partial charge in [-0.3, -0.25) is 0 Å². The van der Waals surface area contributed by atoms with Crippen molar-refractivity contribution in [1.82, 2.24) is 9.55 Å². The number of aromatic nitrogens is 2. The van der Waals surface area contributed by atoms with Crippen molar-refractivity contribution in [2.75, 3.05) is 13.2 Å². The lowest BCUT2D eigenvalue weighted by molar-refractivity contribution is 0.186. The summed E-state index contributed by atoms with van der Waals surface area (Å²) in [5.41, 5.74) is 1.79. The number of alkyl halides is 1. The third-order valence-electron chi connectivity index (χ3n) is 3.39. The molecule has 2 atom stereocenters. The Morgan fingerprint density at radius 1 is 1.37 bits per heavy atom. The predicted octanol–water partition coefficient (Wildman–Crippen LogP) is 4.60. The molecule has 3 nitrogen and oxygen atoms in total. The van der Waals surface area contributed by atoms with Crippen molar-refractivity contribution in [3.8, 4) is 0 Å². The van der Waals surface area contributed by atoms with Crippen LogP contribution in [0.15, 0.2) is 12.1 Å². The second kappa shape index (κ2) is 5.13. The van der Waals surface area contributed by atoms with E-state index in [2.05, 4.69) is 9.55 Å². The van der Waals surface area contributed by atoms with Gasteiger partial charge in [-0.2, -0.15) is 0 Å². The van der Waals surface area contributed by atoms with E-state index in [0.29, 0.717) is 16.7 Å². The molecule has 1 fully saturated rings. The zero-order chi connectivity index (χ0) is 13.6. The minimum atomic E-state index is -0.175. The van der Waals surface area contributed by atoms with Gasteiger partial charge < -0.3 is 9.30 Å². The second-order valence-electron chi connectivity index (χ2n) is 4.73. The van der Waals surface area contributed by atoms with Crippen LogP contribution in [0.1, 0.15) is 30.6 Å². The number of ether oxygens (including phenoxy) is 1. The summed E-state index contributed by atoms with van der Waals surface area (Å²) < 4.78 is 7.61. The number of nitrogens with zero attached hydrogens (tertiary/aromatic N) is 2. The monoisotopic (exact) mass is 318 g/mol. The highest BCUT2D eigenvalue weighted by molar-refractivity contribution is 6.42. The van der Waals surface area contributed by atoms with E-state index in [1.54, 1.807) is 6.07 Å². The fourth-order valence-electron chi connectivity index (χ4n) is 2.50. The highest BCUT2D eigenvalue weighted by Gasteiger charge is 2.25. The topological polar surface area (TPSA) is 27.1 Å². The van der Waals surface area contributed by atoms with Crippen molar-refractivity contribution < 1.29 is 4.74 Å². The fourth-order valence-corrected chi connectivity index (χ4v) is 2.97. The molecule has 0 saturated carbocycles. The fraction of sp³-hybridized carbons (Fsp3) is 0.462. The van der Waals surface area contributed by atoms with Crippen LogP contribution < -0.4 is 0 Å². The molecule has 2 unspecified atom stereocenters. The van der Waals surface area contributed by atoms with Crippen LogP contribution in [-0.4, -0.2) is 22.8 Å². The van der Waals surface area contributed by atoms with Gasteiger partial charge in [0.05, 0.1) is 39.1 Å². The Hall–Kier alpha value is -0.480. The average molecular weight is 320 g/mol. The van der Waals surface area contributed by atoms with E-state index in [9.17, 15) is 0 Å². The summed E-state index contributed by atoms with van der Waals surface area (Å²) in [6, 6.07) is 3.90. The van der Waals surface area contributed by atoms with Crippen LogP contribution in [0, 0.1) is 0 Å². The summed E-state index contributed by atoms with van der Waals surface area (Å²) in [6.07, 6.45) is 0.961. The van der Waals surface area contributed by atoms with Gasteiger partial charge >= 0.3 is 0 Å². The first kappa shape index (κ1) is 13.5. The van der Waals surface area contributed by atoms with Crippen LogP contribution >= 0.6 is 34.8 Å². The van der Waals surface area contributed by atoms with Crippen molar-refractivity contribution in [2.45, 2.75) is 24.8 Å². The molecule has 0 spiro atoms. The highest BCUT2D eigenvalue weighted by Crippen LogP contribution is 2.35. The SMILES string of the molecule is CC(Cl)c1nc2cc(Cl)c(Cl)cc2n1C1CCOC1. The molecule has 102 valence electrons. The van der Waals surface area contributed by atoms with Crippen molar-refractivity contribution in [1.29, 1.82) is 0 Å². The van der Waals surface area contributed by atoms with Crippen molar-refractivity contribution in [3.05, 3.63) is 28.0 Å². The number of fused-ring (bicyclic) bond motifs is 1. The van der Waals surface area contributed by atoms with Crippen LogP contribution in [0.3, 0.4) is 0 Å². The Bertz CT molecular complexity index is 618. The maximum Gasteiger partial charge on any atom is 0.128 e. The first-order chi connectivity index (χ1) is 9.08. The number of hydrogen-bond acceptors (Lipinski definition) is 2. The quantitative estimate of drug-likeness (QED) is 0.756. The number of benzene rings is 1. The average Bonchev–Trinajstić information content (AvgIpc) is 2.96. The zero-order valence-corrected chi connectivity index (χ0v) is 12.6. The van der Waals surface area contributed by atoms with E-state index in [0.717, 1.165) is 29.9 Å². The Labute approximate surface area is 126 Å². The minimum Gasteiger partial charge on any atom is -0.379 e. The Morgan fingerprint density at radius 2 is 2.11 bits per heavy atom. The largest absolute Gasteiger partial charge is 0.379 e.